The van der Waals surface area contributed by atoms with E-state index in [0.29, 0.717) is 22.1 Å². The van der Waals surface area contributed by atoms with E-state index in [0.717, 1.165) is 24.3 Å². The third kappa shape index (κ3) is 5.09. The van der Waals surface area contributed by atoms with Crippen LogP contribution >= 0.6 is 11.3 Å². The number of hydrogen-bond donors (Lipinski definition) is 2. The van der Waals surface area contributed by atoms with Gasteiger partial charge in [0.05, 0.1) is 12.8 Å². The molecule has 0 atom stereocenters. The van der Waals surface area contributed by atoms with Crippen molar-refractivity contribution >= 4 is 28.3 Å². The Hall–Kier alpha value is -1.47. The van der Waals surface area contributed by atoms with Crippen LogP contribution in [0.15, 0.2) is 0 Å². The second kappa shape index (κ2) is 7.51. The fourth-order valence-electron chi connectivity index (χ4n) is 1.72. The molecule has 0 fully saturated rings. The normalized spacial score (nSPS) is 11.3. The minimum Gasteiger partial charge on any atom is -0.465 e. The number of carbonyl (C=O) groups excluding carboxylic acids is 2. The third-order valence-corrected chi connectivity index (χ3v) is 3.74. The van der Waals surface area contributed by atoms with Crippen LogP contribution in [0.1, 0.15) is 49.0 Å². The lowest BCUT2D eigenvalue weighted by Crippen LogP contribution is -2.17. The molecular weight excluding hydrogens is 290 g/mol. The van der Waals surface area contributed by atoms with Crippen LogP contribution < -0.4 is 10.6 Å². The van der Waals surface area contributed by atoms with Gasteiger partial charge in [-0.1, -0.05) is 32.1 Å². The van der Waals surface area contributed by atoms with Gasteiger partial charge in [-0.3, -0.25) is 4.79 Å². The summed E-state index contributed by atoms with van der Waals surface area (Å²) < 4.78 is 4.78. The zero-order chi connectivity index (χ0) is 16.0. The number of aromatic nitrogens is 1. The first-order chi connectivity index (χ1) is 9.79. The number of carbonyl (C=O) groups is 2. The number of nitrogens with one attached hydrogen (secondary N) is 2. The second-order valence-electron chi connectivity index (χ2n) is 5.69. The maximum absolute atomic E-state index is 11.8. The highest BCUT2D eigenvalue weighted by Gasteiger charge is 2.28. The Morgan fingerprint density at radius 1 is 1.33 bits per heavy atom. The monoisotopic (exact) mass is 313 g/mol. The Kier molecular flexibility index (Phi) is 6.29. The van der Waals surface area contributed by atoms with E-state index in [9.17, 15) is 9.59 Å². The Balaban J connectivity index is 2.87. The third-order valence-electron chi connectivity index (χ3n) is 2.79. The Morgan fingerprint density at radius 2 is 2.00 bits per heavy atom. The zero-order valence-electron chi connectivity index (χ0n) is 13.2. The van der Waals surface area contributed by atoms with Gasteiger partial charge in [-0.05, 0) is 20.0 Å². The highest BCUT2D eigenvalue weighted by molar-refractivity contribution is 7.17. The molecule has 1 heterocycles. The van der Waals surface area contributed by atoms with Crippen LogP contribution in [0.25, 0.3) is 0 Å². The van der Waals surface area contributed by atoms with Gasteiger partial charge >= 0.3 is 5.97 Å². The molecule has 0 radical (unpaired) electrons. The van der Waals surface area contributed by atoms with E-state index < -0.39 is 5.97 Å². The van der Waals surface area contributed by atoms with Crippen LogP contribution in [0.4, 0.5) is 5.13 Å². The van der Waals surface area contributed by atoms with E-state index in [1.165, 1.54) is 7.11 Å². The number of thiazole rings is 1. The maximum Gasteiger partial charge on any atom is 0.350 e. The molecule has 0 saturated heterocycles. The van der Waals surface area contributed by atoms with Crippen molar-refractivity contribution in [2.24, 2.45) is 0 Å². The minimum absolute atomic E-state index is 0.101. The van der Waals surface area contributed by atoms with Crippen molar-refractivity contribution in [3.63, 3.8) is 0 Å². The Morgan fingerprint density at radius 3 is 2.52 bits per heavy atom. The predicted molar refractivity (Wildman–Crippen MR) is 83.9 cm³/mol. The van der Waals surface area contributed by atoms with Crippen molar-refractivity contribution in [2.75, 3.05) is 26.0 Å². The summed E-state index contributed by atoms with van der Waals surface area (Å²) in [5.41, 5.74) is 0.347. The number of rotatable bonds is 6. The molecule has 118 valence electrons. The first-order valence-corrected chi connectivity index (χ1v) is 7.65. The van der Waals surface area contributed by atoms with E-state index >= 15 is 0 Å². The van der Waals surface area contributed by atoms with E-state index in [4.69, 9.17) is 4.74 Å². The van der Waals surface area contributed by atoms with E-state index in [1.807, 2.05) is 27.8 Å². The summed E-state index contributed by atoms with van der Waals surface area (Å²) in [4.78, 5) is 28.5. The van der Waals surface area contributed by atoms with Gasteiger partial charge in [0.1, 0.15) is 4.88 Å². The molecule has 6 nitrogen and oxygen atoms in total. The van der Waals surface area contributed by atoms with Gasteiger partial charge in [-0.2, -0.15) is 0 Å². The molecule has 1 rings (SSSR count). The molecule has 1 aromatic heterocycles. The van der Waals surface area contributed by atoms with Crippen LogP contribution in [-0.2, 0) is 14.9 Å². The molecule has 7 heteroatoms. The van der Waals surface area contributed by atoms with Crippen molar-refractivity contribution < 1.29 is 14.3 Å². The number of nitrogens with zero attached hydrogens (tertiary/aromatic N) is 1. The SMILES string of the molecule is CNCCCC(=O)Nc1nc(C(C)(C)C)c(C(=O)OC)s1. The van der Waals surface area contributed by atoms with Crippen LogP contribution in [0.2, 0.25) is 0 Å². The smallest absolute Gasteiger partial charge is 0.350 e. The molecule has 0 spiro atoms. The summed E-state index contributed by atoms with van der Waals surface area (Å²) in [7, 11) is 3.18. The number of esters is 1. The van der Waals surface area contributed by atoms with E-state index in [-0.39, 0.29) is 11.3 Å². The number of ether oxygens (including phenoxy) is 1. The van der Waals surface area contributed by atoms with Crippen LogP contribution in [-0.4, -0.2) is 37.6 Å². The lowest BCUT2D eigenvalue weighted by Gasteiger charge is -2.16. The maximum atomic E-state index is 11.8. The summed E-state index contributed by atoms with van der Waals surface area (Å²) in [6.07, 6.45) is 1.17. The molecule has 0 aliphatic heterocycles. The van der Waals surface area contributed by atoms with E-state index in [2.05, 4.69) is 15.6 Å². The topological polar surface area (TPSA) is 80.3 Å². The van der Waals surface area contributed by atoms with Gasteiger partial charge in [0, 0.05) is 11.8 Å². The Labute approximate surface area is 129 Å². The van der Waals surface area contributed by atoms with Crippen molar-refractivity contribution in [2.45, 2.75) is 39.0 Å². The number of hydrogen-bond acceptors (Lipinski definition) is 6. The first kappa shape index (κ1) is 17.6. The molecule has 1 aromatic rings. The summed E-state index contributed by atoms with van der Waals surface area (Å²) >= 11 is 1.15. The highest BCUT2D eigenvalue weighted by Crippen LogP contribution is 2.32. The summed E-state index contributed by atoms with van der Waals surface area (Å²) in [5, 5.41) is 6.17. The molecule has 0 aromatic carbocycles. The summed E-state index contributed by atoms with van der Waals surface area (Å²) in [6, 6.07) is 0. The van der Waals surface area contributed by atoms with Crippen molar-refractivity contribution in [1.29, 1.82) is 0 Å². The fraction of sp³-hybridized carbons (Fsp3) is 0.643. The van der Waals surface area contributed by atoms with Crippen molar-refractivity contribution in [3.8, 4) is 0 Å². The van der Waals surface area contributed by atoms with Gasteiger partial charge in [-0.15, -0.1) is 0 Å². The molecule has 0 aliphatic carbocycles. The highest BCUT2D eigenvalue weighted by atomic mass is 32.1. The largest absolute Gasteiger partial charge is 0.465 e. The Bertz CT molecular complexity index is 506. The fourth-order valence-corrected chi connectivity index (χ4v) is 2.83. The van der Waals surface area contributed by atoms with Crippen LogP contribution in [0, 0.1) is 0 Å². The molecule has 0 bridgehead atoms. The second-order valence-corrected chi connectivity index (χ2v) is 6.69. The van der Waals surface area contributed by atoms with Gasteiger partial charge in [0.15, 0.2) is 5.13 Å². The first-order valence-electron chi connectivity index (χ1n) is 6.83. The predicted octanol–water partition coefficient (Wildman–Crippen LogP) is 2.17. The molecule has 2 N–H and O–H groups in total. The average Bonchev–Trinajstić information content (AvgIpc) is 2.82. The summed E-state index contributed by atoms with van der Waals surface area (Å²) in [6.45, 7) is 6.68. The minimum atomic E-state index is -0.423. The number of anilines is 1. The van der Waals surface area contributed by atoms with E-state index in [1.54, 1.807) is 0 Å². The standard InChI is InChI=1S/C14H23N3O3S/c1-14(2,3)11-10(12(19)20-5)21-13(17-11)16-9(18)7-6-8-15-4/h15H,6-8H2,1-5H3,(H,16,17,18). The van der Waals surface area contributed by atoms with Gasteiger partial charge < -0.3 is 15.4 Å². The van der Waals surface area contributed by atoms with Crippen molar-refractivity contribution in [3.05, 3.63) is 10.6 Å². The number of amides is 1. The molecule has 0 saturated carbocycles. The zero-order valence-corrected chi connectivity index (χ0v) is 14.0. The lowest BCUT2D eigenvalue weighted by molar-refractivity contribution is -0.116. The lowest BCUT2D eigenvalue weighted by atomic mass is 9.91. The molecule has 0 unspecified atom stereocenters. The quantitative estimate of drug-likeness (QED) is 0.621. The average molecular weight is 313 g/mol. The number of methoxy groups -OCH3 is 1. The van der Waals surface area contributed by atoms with Crippen LogP contribution in [0.5, 0.6) is 0 Å². The van der Waals surface area contributed by atoms with Crippen LogP contribution in [0.3, 0.4) is 0 Å². The molecular formula is C14H23N3O3S. The summed E-state index contributed by atoms with van der Waals surface area (Å²) in [5.74, 6) is -0.524. The molecule has 21 heavy (non-hydrogen) atoms. The van der Waals surface area contributed by atoms with Gasteiger partial charge in [-0.25, -0.2) is 9.78 Å². The molecule has 0 aliphatic rings. The van der Waals surface area contributed by atoms with Crippen molar-refractivity contribution in [1.82, 2.24) is 10.3 Å². The van der Waals surface area contributed by atoms with Gasteiger partial charge in [0.25, 0.3) is 0 Å². The molecule has 1 amide bonds. The van der Waals surface area contributed by atoms with Gasteiger partial charge in [0.2, 0.25) is 5.91 Å².